The van der Waals surface area contributed by atoms with Gasteiger partial charge in [-0.3, -0.25) is 5.10 Å². The van der Waals surface area contributed by atoms with Crippen LogP contribution in [0.25, 0.3) is 22.3 Å². The van der Waals surface area contributed by atoms with Crippen LogP contribution in [0.1, 0.15) is 19.4 Å². The summed E-state index contributed by atoms with van der Waals surface area (Å²) in [6.07, 6.45) is 1.54. The molecule has 0 saturated heterocycles. The summed E-state index contributed by atoms with van der Waals surface area (Å²) in [5, 5.41) is 20.8. The topological polar surface area (TPSA) is 96.0 Å². The number of nitrogens with zero attached hydrogens (tertiary/aromatic N) is 3. The standard InChI is InChI=1S/C21H19F2N5O2/c1-21(2,29)11-4-7-17(30-3)13(8-11)18-14-10-24-20(26-19(14)28-27-18)25-16-6-5-12(22)9-15(16)23/h4-10,29H,1-3H3,(H2,24,25,26,27,28). The van der Waals surface area contributed by atoms with Crippen LogP contribution in [-0.2, 0) is 5.60 Å². The summed E-state index contributed by atoms with van der Waals surface area (Å²) in [7, 11) is 1.55. The van der Waals surface area contributed by atoms with E-state index >= 15 is 0 Å². The van der Waals surface area contributed by atoms with Crippen molar-refractivity contribution in [2.75, 3.05) is 12.4 Å². The number of rotatable bonds is 5. The van der Waals surface area contributed by atoms with Gasteiger partial charge in [-0.25, -0.2) is 13.8 Å². The second-order valence-electron chi connectivity index (χ2n) is 7.25. The minimum absolute atomic E-state index is 0.0473. The Morgan fingerprint density at radius 3 is 2.63 bits per heavy atom. The number of aromatic amines is 1. The first kappa shape index (κ1) is 19.7. The lowest BCUT2D eigenvalue weighted by Crippen LogP contribution is -2.15. The van der Waals surface area contributed by atoms with Crippen LogP contribution in [0.2, 0.25) is 0 Å². The molecule has 3 N–H and O–H groups in total. The van der Waals surface area contributed by atoms with Crippen molar-refractivity contribution in [3.8, 4) is 17.0 Å². The Kier molecular flexibility index (Phi) is 4.83. The Balaban J connectivity index is 1.74. The smallest absolute Gasteiger partial charge is 0.229 e. The van der Waals surface area contributed by atoms with Crippen molar-refractivity contribution in [1.82, 2.24) is 20.2 Å². The van der Waals surface area contributed by atoms with Gasteiger partial charge in [-0.05, 0) is 43.7 Å². The lowest BCUT2D eigenvalue weighted by Gasteiger charge is -2.19. The van der Waals surface area contributed by atoms with E-state index in [9.17, 15) is 13.9 Å². The molecule has 0 spiro atoms. The maximum Gasteiger partial charge on any atom is 0.229 e. The third-order valence-electron chi connectivity index (χ3n) is 4.66. The maximum absolute atomic E-state index is 13.9. The Labute approximate surface area is 170 Å². The second-order valence-corrected chi connectivity index (χ2v) is 7.25. The highest BCUT2D eigenvalue weighted by atomic mass is 19.1. The third kappa shape index (κ3) is 3.67. The van der Waals surface area contributed by atoms with E-state index in [1.165, 1.54) is 6.07 Å². The number of benzene rings is 2. The molecule has 0 aliphatic carbocycles. The fourth-order valence-electron chi connectivity index (χ4n) is 3.06. The van der Waals surface area contributed by atoms with Gasteiger partial charge in [0, 0.05) is 17.8 Å². The van der Waals surface area contributed by atoms with Crippen LogP contribution in [0, 0.1) is 11.6 Å². The van der Waals surface area contributed by atoms with Gasteiger partial charge in [0.15, 0.2) is 5.65 Å². The monoisotopic (exact) mass is 411 g/mol. The number of nitrogens with one attached hydrogen (secondary N) is 2. The zero-order valence-corrected chi connectivity index (χ0v) is 16.5. The molecule has 2 aromatic carbocycles. The number of hydrogen-bond acceptors (Lipinski definition) is 6. The highest BCUT2D eigenvalue weighted by Gasteiger charge is 2.21. The summed E-state index contributed by atoms with van der Waals surface area (Å²) in [6, 6.07) is 8.54. The largest absolute Gasteiger partial charge is 0.496 e. The highest BCUT2D eigenvalue weighted by Crippen LogP contribution is 2.36. The molecule has 154 valence electrons. The van der Waals surface area contributed by atoms with Gasteiger partial charge < -0.3 is 15.2 Å². The van der Waals surface area contributed by atoms with Gasteiger partial charge in [-0.1, -0.05) is 6.07 Å². The van der Waals surface area contributed by atoms with E-state index in [1.807, 2.05) is 6.07 Å². The molecular weight excluding hydrogens is 392 g/mol. The van der Waals surface area contributed by atoms with Crippen LogP contribution in [0.15, 0.2) is 42.6 Å². The van der Waals surface area contributed by atoms with E-state index in [2.05, 4.69) is 25.5 Å². The summed E-state index contributed by atoms with van der Waals surface area (Å²) in [5.74, 6) is -0.726. The van der Waals surface area contributed by atoms with E-state index in [1.54, 1.807) is 39.3 Å². The average molecular weight is 411 g/mol. The van der Waals surface area contributed by atoms with Crippen molar-refractivity contribution < 1.29 is 18.6 Å². The molecule has 2 heterocycles. The summed E-state index contributed by atoms with van der Waals surface area (Å²) in [5.41, 5.74) is 1.36. The number of aliphatic hydroxyl groups is 1. The van der Waals surface area contributed by atoms with Crippen molar-refractivity contribution in [3.05, 3.63) is 59.8 Å². The zero-order valence-electron chi connectivity index (χ0n) is 16.5. The first-order valence-electron chi connectivity index (χ1n) is 9.10. The van der Waals surface area contributed by atoms with E-state index in [0.717, 1.165) is 12.1 Å². The van der Waals surface area contributed by atoms with Crippen molar-refractivity contribution in [2.45, 2.75) is 19.4 Å². The molecule has 0 radical (unpaired) electrons. The van der Waals surface area contributed by atoms with Crippen LogP contribution in [0.5, 0.6) is 5.75 Å². The Morgan fingerprint density at radius 1 is 1.13 bits per heavy atom. The highest BCUT2D eigenvalue weighted by molar-refractivity contribution is 5.92. The van der Waals surface area contributed by atoms with Gasteiger partial charge in [0.1, 0.15) is 17.4 Å². The molecule has 7 nitrogen and oxygen atoms in total. The van der Waals surface area contributed by atoms with Gasteiger partial charge in [0.05, 0.1) is 29.5 Å². The van der Waals surface area contributed by atoms with Crippen molar-refractivity contribution in [1.29, 1.82) is 0 Å². The van der Waals surface area contributed by atoms with Crippen LogP contribution >= 0.6 is 0 Å². The number of halogens is 2. The molecule has 0 saturated carbocycles. The Hall–Kier alpha value is -3.59. The molecule has 9 heteroatoms. The Morgan fingerprint density at radius 2 is 1.93 bits per heavy atom. The number of aromatic nitrogens is 4. The van der Waals surface area contributed by atoms with Crippen molar-refractivity contribution >= 4 is 22.7 Å². The van der Waals surface area contributed by atoms with Crippen LogP contribution < -0.4 is 10.1 Å². The fraction of sp³-hybridized carbons (Fsp3) is 0.190. The van der Waals surface area contributed by atoms with Gasteiger partial charge in [0.25, 0.3) is 0 Å². The Bertz CT molecular complexity index is 1230. The zero-order chi connectivity index (χ0) is 21.5. The number of methoxy groups -OCH3 is 1. The van der Waals surface area contributed by atoms with Gasteiger partial charge in [-0.15, -0.1) is 0 Å². The van der Waals surface area contributed by atoms with Gasteiger partial charge in [0.2, 0.25) is 5.95 Å². The average Bonchev–Trinajstić information content (AvgIpc) is 3.12. The van der Waals surface area contributed by atoms with E-state index in [-0.39, 0.29) is 11.6 Å². The van der Waals surface area contributed by atoms with Crippen LogP contribution in [0.3, 0.4) is 0 Å². The number of fused-ring (bicyclic) bond motifs is 1. The molecule has 4 rings (SSSR count). The molecule has 4 aromatic rings. The molecule has 0 unspecified atom stereocenters. The number of H-pyrrole nitrogens is 1. The molecular formula is C21H19F2N5O2. The van der Waals surface area contributed by atoms with Crippen molar-refractivity contribution in [3.63, 3.8) is 0 Å². The number of hydrogen-bond donors (Lipinski definition) is 3. The molecule has 0 fully saturated rings. The predicted molar refractivity (Wildman–Crippen MR) is 109 cm³/mol. The minimum Gasteiger partial charge on any atom is -0.496 e. The second kappa shape index (κ2) is 7.34. The number of anilines is 2. The third-order valence-corrected chi connectivity index (χ3v) is 4.66. The van der Waals surface area contributed by atoms with Crippen LogP contribution in [-0.4, -0.2) is 32.4 Å². The quantitative estimate of drug-likeness (QED) is 0.454. The SMILES string of the molecule is COc1ccc(C(C)(C)O)cc1-c1[nH]nc2nc(Nc3ccc(F)cc3F)ncc12. The molecule has 0 atom stereocenters. The van der Waals surface area contributed by atoms with E-state index in [4.69, 9.17) is 4.74 Å². The summed E-state index contributed by atoms with van der Waals surface area (Å²) in [4.78, 5) is 8.51. The molecule has 2 aromatic heterocycles. The normalized spacial score (nSPS) is 11.7. The molecule has 30 heavy (non-hydrogen) atoms. The number of ether oxygens (including phenoxy) is 1. The first-order chi connectivity index (χ1) is 14.3. The van der Waals surface area contributed by atoms with Gasteiger partial charge in [-0.2, -0.15) is 10.1 Å². The molecule has 0 aliphatic heterocycles. The summed E-state index contributed by atoms with van der Waals surface area (Å²) in [6.45, 7) is 3.39. The first-order valence-corrected chi connectivity index (χ1v) is 9.10. The maximum atomic E-state index is 13.9. The lowest BCUT2D eigenvalue weighted by molar-refractivity contribution is 0.0786. The predicted octanol–water partition coefficient (Wildman–Crippen LogP) is 4.28. The minimum atomic E-state index is -1.04. The van der Waals surface area contributed by atoms with E-state index < -0.39 is 17.2 Å². The summed E-state index contributed by atoms with van der Waals surface area (Å²) >= 11 is 0. The van der Waals surface area contributed by atoms with Crippen molar-refractivity contribution in [2.24, 2.45) is 0 Å². The molecule has 0 amide bonds. The molecule has 0 aliphatic rings. The lowest BCUT2D eigenvalue weighted by atomic mass is 9.95. The van der Waals surface area contributed by atoms with E-state index in [0.29, 0.717) is 33.6 Å². The molecule has 0 bridgehead atoms. The fourth-order valence-corrected chi connectivity index (χ4v) is 3.06. The van der Waals surface area contributed by atoms with Crippen LogP contribution in [0.4, 0.5) is 20.4 Å². The van der Waals surface area contributed by atoms with Gasteiger partial charge >= 0.3 is 0 Å². The summed E-state index contributed by atoms with van der Waals surface area (Å²) < 4.78 is 32.4.